The van der Waals surface area contributed by atoms with E-state index >= 15 is 0 Å². The van der Waals surface area contributed by atoms with Crippen LogP contribution in [0.4, 0.5) is 0 Å². The van der Waals surface area contributed by atoms with Gasteiger partial charge in [0, 0.05) is 11.1 Å². The van der Waals surface area contributed by atoms with Crippen LogP contribution in [-0.2, 0) is 0 Å². The summed E-state index contributed by atoms with van der Waals surface area (Å²) in [5.74, 6) is 0.734. The quantitative estimate of drug-likeness (QED) is 0.681. The highest BCUT2D eigenvalue weighted by Crippen LogP contribution is 2.26. The molecule has 3 heteroatoms. The highest BCUT2D eigenvalue weighted by molar-refractivity contribution is 6.31. The number of unbranched alkanes of at least 4 members (excludes halogenated alkanes) is 1. The maximum Gasteiger partial charge on any atom is 0.0453 e. The average Bonchev–Trinajstić information content (AvgIpc) is 2.42. The lowest BCUT2D eigenvalue weighted by atomic mass is 10.1. The summed E-state index contributed by atoms with van der Waals surface area (Å²) in [6, 6.07) is 8.50. The van der Waals surface area contributed by atoms with Crippen LogP contribution in [0, 0.1) is 5.92 Å². The molecular weight excluding hydrogens is 268 g/mol. The fraction of sp³-hybridized carbons (Fsp3) is 0.647. The van der Waals surface area contributed by atoms with Gasteiger partial charge in [0.05, 0.1) is 0 Å². The van der Waals surface area contributed by atoms with E-state index in [0.29, 0.717) is 6.04 Å². The first-order chi connectivity index (χ1) is 9.52. The predicted molar refractivity (Wildman–Crippen MR) is 89.4 cm³/mol. The highest BCUT2D eigenvalue weighted by Gasteiger charge is 2.13. The van der Waals surface area contributed by atoms with Gasteiger partial charge >= 0.3 is 0 Å². The summed E-state index contributed by atoms with van der Waals surface area (Å²) in [6.45, 7) is 10.0. The number of nitrogens with one attached hydrogen (secondary N) is 1. The van der Waals surface area contributed by atoms with Crippen molar-refractivity contribution in [1.82, 2.24) is 10.2 Å². The number of hydrogen-bond donors (Lipinski definition) is 1. The topological polar surface area (TPSA) is 15.3 Å². The molecule has 1 atom stereocenters. The molecule has 0 aromatic heterocycles. The summed E-state index contributed by atoms with van der Waals surface area (Å²) < 4.78 is 0. The Morgan fingerprint density at radius 3 is 2.50 bits per heavy atom. The molecule has 1 unspecified atom stereocenters. The van der Waals surface area contributed by atoms with Crippen molar-refractivity contribution in [2.75, 3.05) is 26.7 Å². The van der Waals surface area contributed by atoms with Gasteiger partial charge in [-0.15, -0.1) is 0 Å². The Morgan fingerprint density at radius 2 is 1.85 bits per heavy atom. The molecule has 1 N–H and O–H groups in total. The number of benzene rings is 1. The summed E-state index contributed by atoms with van der Waals surface area (Å²) in [7, 11) is 2.18. The third-order valence-corrected chi connectivity index (χ3v) is 4.03. The molecule has 0 spiro atoms. The molecule has 114 valence electrons. The van der Waals surface area contributed by atoms with Crippen molar-refractivity contribution in [1.29, 1.82) is 0 Å². The second-order valence-corrected chi connectivity index (χ2v) is 6.39. The molecule has 1 aromatic carbocycles. The Hall–Kier alpha value is -0.570. The highest BCUT2D eigenvalue weighted by atomic mass is 35.5. The molecule has 0 fully saturated rings. The van der Waals surface area contributed by atoms with Crippen molar-refractivity contribution >= 4 is 11.6 Å². The third kappa shape index (κ3) is 6.25. The van der Waals surface area contributed by atoms with Crippen molar-refractivity contribution in [2.45, 2.75) is 39.7 Å². The number of rotatable bonds is 9. The monoisotopic (exact) mass is 296 g/mol. The second-order valence-electron chi connectivity index (χ2n) is 5.98. The average molecular weight is 297 g/mol. The Morgan fingerprint density at radius 1 is 1.15 bits per heavy atom. The van der Waals surface area contributed by atoms with Crippen molar-refractivity contribution in [3.05, 3.63) is 34.9 Å². The van der Waals surface area contributed by atoms with E-state index in [2.05, 4.69) is 50.2 Å². The first-order valence-corrected chi connectivity index (χ1v) is 8.05. The number of hydrogen-bond acceptors (Lipinski definition) is 2. The minimum absolute atomic E-state index is 0.368. The third-order valence-electron chi connectivity index (χ3n) is 3.68. The lowest BCUT2D eigenvalue weighted by Gasteiger charge is -2.25. The van der Waals surface area contributed by atoms with E-state index in [4.69, 9.17) is 11.6 Å². The minimum Gasteiger partial charge on any atom is -0.316 e. The summed E-state index contributed by atoms with van der Waals surface area (Å²) in [5, 5.41) is 4.36. The molecule has 0 amide bonds. The Balaban J connectivity index is 2.25. The summed E-state index contributed by atoms with van der Waals surface area (Å²) >= 11 is 6.26. The van der Waals surface area contributed by atoms with Gasteiger partial charge in [-0.3, -0.25) is 4.90 Å². The van der Waals surface area contributed by atoms with Gasteiger partial charge in [-0.2, -0.15) is 0 Å². The lowest BCUT2D eigenvalue weighted by Crippen LogP contribution is -2.25. The van der Waals surface area contributed by atoms with Gasteiger partial charge in [0.2, 0.25) is 0 Å². The largest absolute Gasteiger partial charge is 0.316 e. The summed E-state index contributed by atoms with van der Waals surface area (Å²) in [4.78, 5) is 2.38. The van der Waals surface area contributed by atoms with Crippen LogP contribution in [-0.4, -0.2) is 31.6 Å². The van der Waals surface area contributed by atoms with Crippen molar-refractivity contribution in [2.24, 2.45) is 5.92 Å². The predicted octanol–water partition coefficient (Wildman–Crippen LogP) is 4.36. The zero-order valence-corrected chi connectivity index (χ0v) is 14.1. The maximum atomic E-state index is 6.26. The van der Waals surface area contributed by atoms with Crippen LogP contribution in [0.5, 0.6) is 0 Å². The fourth-order valence-corrected chi connectivity index (χ4v) is 2.54. The van der Waals surface area contributed by atoms with Gasteiger partial charge in [-0.05, 0) is 64.0 Å². The molecule has 0 aliphatic rings. The molecule has 0 bridgehead atoms. The zero-order chi connectivity index (χ0) is 15.0. The van der Waals surface area contributed by atoms with E-state index in [1.165, 1.54) is 18.4 Å². The normalized spacial score (nSPS) is 13.2. The standard InChI is InChI=1S/C17H29ClN2/c1-14(2)13-19-11-7-8-12-20(4)15(3)16-9-5-6-10-17(16)18/h5-6,9-10,14-15,19H,7-8,11-13H2,1-4H3. The molecule has 1 aromatic rings. The number of nitrogens with zero attached hydrogens (tertiary/aromatic N) is 1. The second kappa shape index (κ2) is 9.38. The molecule has 0 aliphatic heterocycles. The van der Waals surface area contributed by atoms with Crippen LogP contribution < -0.4 is 5.32 Å². The van der Waals surface area contributed by atoms with Crippen molar-refractivity contribution in [3.63, 3.8) is 0 Å². The number of halogens is 1. The molecule has 20 heavy (non-hydrogen) atoms. The molecular formula is C17H29ClN2. The molecule has 0 saturated heterocycles. The van der Waals surface area contributed by atoms with E-state index in [-0.39, 0.29) is 0 Å². The summed E-state index contributed by atoms with van der Waals surface area (Å²) in [6.07, 6.45) is 2.45. The van der Waals surface area contributed by atoms with Crippen LogP contribution in [0.2, 0.25) is 5.02 Å². The lowest BCUT2D eigenvalue weighted by molar-refractivity contribution is 0.256. The van der Waals surface area contributed by atoms with Gasteiger partial charge in [0.15, 0.2) is 0 Å². The molecule has 0 aliphatic carbocycles. The Bertz CT molecular complexity index is 379. The van der Waals surface area contributed by atoms with Crippen LogP contribution in [0.1, 0.15) is 45.2 Å². The smallest absolute Gasteiger partial charge is 0.0453 e. The minimum atomic E-state index is 0.368. The van der Waals surface area contributed by atoms with E-state index < -0.39 is 0 Å². The molecule has 1 rings (SSSR count). The molecule has 0 heterocycles. The van der Waals surface area contributed by atoms with Gasteiger partial charge in [0.1, 0.15) is 0 Å². The molecule has 0 saturated carbocycles. The molecule has 0 radical (unpaired) electrons. The van der Waals surface area contributed by atoms with Gasteiger partial charge < -0.3 is 5.32 Å². The Labute approximate surface area is 129 Å². The SMILES string of the molecule is CC(C)CNCCCCN(C)C(C)c1ccccc1Cl. The van der Waals surface area contributed by atoms with Gasteiger partial charge in [0.25, 0.3) is 0 Å². The van der Waals surface area contributed by atoms with Crippen LogP contribution in [0.25, 0.3) is 0 Å². The Kier molecular flexibility index (Phi) is 8.20. The van der Waals surface area contributed by atoms with Crippen molar-refractivity contribution < 1.29 is 0 Å². The molecule has 2 nitrogen and oxygen atoms in total. The van der Waals surface area contributed by atoms with E-state index in [0.717, 1.165) is 30.6 Å². The van der Waals surface area contributed by atoms with Gasteiger partial charge in [-0.25, -0.2) is 0 Å². The fourth-order valence-electron chi connectivity index (χ4n) is 2.25. The maximum absolute atomic E-state index is 6.26. The summed E-state index contributed by atoms with van der Waals surface area (Å²) in [5.41, 5.74) is 1.22. The zero-order valence-electron chi connectivity index (χ0n) is 13.3. The van der Waals surface area contributed by atoms with Gasteiger partial charge in [-0.1, -0.05) is 43.6 Å². The first-order valence-electron chi connectivity index (χ1n) is 7.67. The van der Waals surface area contributed by atoms with Crippen LogP contribution in [0.3, 0.4) is 0 Å². The van der Waals surface area contributed by atoms with E-state index in [1.54, 1.807) is 0 Å². The first kappa shape index (κ1) is 17.5. The van der Waals surface area contributed by atoms with Crippen LogP contribution in [0.15, 0.2) is 24.3 Å². The van der Waals surface area contributed by atoms with Crippen molar-refractivity contribution in [3.8, 4) is 0 Å². The van der Waals surface area contributed by atoms with E-state index in [1.807, 2.05) is 12.1 Å². The van der Waals surface area contributed by atoms with E-state index in [9.17, 15) is 0 Å². The van der Waals surface area contributed by atoms with Crippen LogP contribution >= 0.6 is 11.6 Å².